The van der Waals surface area contributed by atoms with Crippen LogP contribution in [0.3, 0.4) is 0 Å². The maximum absolute atomic E-state index is 5.76. The Morgan fingerprint density at radius 2 is 2.06 bits per heavy atom. The molecule has 1 saturated carbocycles. The van der Waals surface area contributed by atoms with Gasteiger partial charge in [0.1, 0.15) is 11.6 Å². The molecular weight excluding hydrogens is 226 g/mol. The van der Waals surface area contributed by atoms with E-state index in [1.165, 1.54) is 12.8 Å². The summed E-state index contributed by atoms with van der Waals surface area (Å²) in [5, 5.41) is 0. The minimum atomic E-state index is 0.523. The molecule has 0 bridgehead atoms. The second-order valence-electron chi connectivity index (χ2n) is 4.66. The standard InChI is InChI=1S/C14H17N3O/c1-18-11-6-4-10(5-7-11)14-16-12(8-15)13(17-14)9-2-3-9/h4-7,9H,2-3,8,15H2,1H3,(H,16,17). The third-order valence-electron chi connectivity index (χ3n) is 3.34. The highest BCUT2D eigenvalue weighted by Crippen LogP contribution is 2.41. The summed E-state index contributed by atoms with van der Waals surface area (Å²) in [5.74, 6) is 2.37. The van der Waals surface area contributed by atoms with Gasteiger partial charge in [0.2, 0.25) is 0 Å². The van der Waals surface area contributed by atoms with Crippen molar-refractivity contribution < 1.29 is 4.74 Å². The Balaban J connectivity index is 1.95. The average Bonchev–Trinajstić information content (AvgIpc) is 3.18. The number of benzene rings is 1. The molecule has 1 fully saturated rings. The van der Waals surface area contributed by atoms with Crippen LogP contribution in [-0.2, 0) is 6.54 Å². The van der Waals surface area contributed by atoms with E-state index < -0.39 is 0 Å². The van der Waals surface area contributed by atoms with Crippen LogP contribution >= 0.6 is 0 Å². The molecule has 0 unspecified atom stereocenters. The molecule has 0 aliphatic heterocycles. The van der Waals surface area contributed by atoms with Crippen LogP contribution in [0.2, 0.25) is 0 Å². The first-order valence-corrected chi connectivity index (χ1v) is 6.25. The van der Waals surface area contributed by atoms with Gasteiger partial charge in [-0.25, -0.2) is 4.98 Å². The van der Waals surface area contributed by atoms with E-state index in [0.717, 1.165) is 28.5 Å². The van der Waals surface area contributed by atoms with E-state index in [9.17, 15) is 0 Å². The smallest absolute Gasteiger partial charge is 0.137 e. The van der Waals surface area contributed by atoms with Gasteiger partial charge < -0.3 is 15.5 Å². The summed E-state index contributed by atoms with van der Waals surface area (Å²) in [6.07, 6.45) is 2.47. The van der Waals surface area contributed by atoms with Crippen molar-refractivity contribution in [3.63, 3.8) is 0 Å². The molecule has 18 heavy (non-hydrogen) atoms. The highest BCUT2D eigenvalue weighted by Gasteiger charge is 2.29. The van der Waals surface area contributed by atoms with Gasteiger partial charge in [0.15, 0.2) is 0 Å². The molecule has 3 rings (SSSR count). The quantitative estimate of drug-likeness (QED) is 0.866. The number of ether oxygens (including phenoxy) is 1. The first kappa shape index (κ1) is 11.3. The van der Waals surface area contributed by atoms with Crippen molar-refractivity contribution in [2.24, 2.45) is 5.73 Å². The Labute approximate surface area is 106 Å². The highest BCUT2D eigenvalue weighted by molar-refractivity contribution is 5.57. The molecule has 1 aliphatic carbocycles. The Kier molecular flexibility index (Phi) is 2.80. The average molecular weight is 243 g/mol. The number of rotatable bonds is 4. The van der Waals surface area contributed by atoms with E-state index in [0.29, 0.717) is 12.5 Å². The number of hydrogen-bond donors (Lipinski definition) is 2. The van der Waals surface area contributed by atoms with Crippen molar-refractivity contribution in [2.45, 2.75) is 25.3 Å². The monoisotopic (exact) mass is 243 g/mol. The summed E-state index contributed by atoms with van der Waals surface area (Å²) in [6.45, 7) is 0.523. The van der Waals surface area contributed by atoms with Crippen LogP contribution in [0.4, 0.5) is 0 Å². The molecule has 0 amide bonds. The van der Waals surface area contributed by atoms with Crippen LogP contribution in [0.5, 0.6) is 5.75 Å². The molecule has 0 spiro atoms. The molecule has 1 aromatic carbocycles. The zero-order chi connectivity index (χ0) is 12.5. The van der Waals surface area contributed by atoms with Crippen molar-refractivity contribution in [3.8, 4) is 17.1 Å². The summed E-state index contributed by atoms with van der Waals surface area (Å²) in [7, 11) is 1.67. The van der Waals surface area contributed by atoms with E-state index in [-0.39, 0.29) is 0 Å². The predicted octanol–water partition coefficient (Wildman–Crippen LogP) is 2.42. The minimum absolute atomic E-state index is 0.523. The minimum Gasteiger partial charge on any atom is -0.497 e. The van der Waals surface area contributed by atoms with Gasteiger partial charge in [0.25, 0.3) is 0 Å². The fraction of sp³-hybridized carbons (Fsp3) is 0.357. The number of hydrogen-bond acceptors (Lipinski definition) is 3. The summed E-state index contributed by atoms with van der Waals surface area (Å²) in [5.41, 5.74) is 9.06. The van der Waals surface area contributed by atoms with E-state index in [2.05, 4.69) is 4.98 Å². The predicted molar refractivity (Wildman–Crippen MR) is 70.4 cm³/mol. The lowest BCUT2D eigenvalue weighted by Gasteiger charge is -2.00. The van der Waals surface area contributed by atoms with Crippen LogP contribution in [0.15, 0.2) is 24.3 Å². The van der Waals surface area contributed by atoms with E-state index in [1.807, 2.05) is 24.3 Å². The van der Waals surface area contributed by atoms with Gasteiger partial charge in [0.05, 0.1) is 18.5 Å². The van der Waals surface area contributed by atoms with Crippen molar-refractivity contribution >= 4 is 0 Å². The number of nitrogens with zero attached hydrogens (tertiary/aromatic N) is 1. The maximum Gasteiger partial charge on any atom is 0.137 e. The van der Waals surface area contributed by atoms with Gasteiger partial charge in [-0.1, -0.05) is 0 Å². The lowest BCUT2D eigenvalue weighted by Crippen LogP contribution is -1.99. The topological polar surface area (TPSA) is 63.9 Å². The molecule has 1 aromatic heterocycles. The lowest BCUT2D eigenvalue weighted by atomic mass is 10.2. The molecule has 2 aromatic rings. The molecule has 1 heterocycles. The molecule has 0 radical (unpaired) electrons. The van der Waals surface area contributed by atoms with Gasteiger partial charge in [0, 0.05) is 18.0 Å². The fourth-order valence-electron chi connectivity index (χ4n) is 2.16. The summed E-state index contributed by atoms with van der Waals surface area (Å²) < 4.78 is 5.15. The van der Waals surface area contributed by atoms with Crippen molar-refractivity contribution in [1.82, 2.24) is 9.97 Å². The van der Waals surface area contributed by atoms with Crippen LogP contribution in [0, 0.1) is 0 Å². The number of imidazole rings is 1. The molecule has 4 nitrogen and oxygen atoms in total. The van der Waals surface area contributed by atoms with Crippen LogP contribution in [-0.4, -0.2) is 17.1 Å². The normalized spacial score (nSPS) is 14.8. The Bertz CT molecular complexity index is 541. The largest absolute Gasteiger partial charge is 0.497 e. The number of nitrogens with one attached hydrogen (secondary N) is 1. The molecule has 0 atom stereocenters. The third-order valence-corrected chi connectivity index (χ3v) is 3.34. The van der Waals surface area contributed by atoms with Crippen molar-refractivity contribution in [1.29, 1.82) is 0 Å². The van der Waals surface area contributed by atoms with Crippen LogP contribution < -0.4 is 10.5 Å². The van der Waals surface area contributed by atoms with Gasteiger partial charge in [-0.15, -0.1) is 0 Å². The number of H-pyrrole nitrogens is 1. The SMILES string of the molecule is COc1ccc(-c2nc(C3CC3)c(CN)[nH]2)cc1. The molecular formula is C14H17N3O. The number of aromatic amines is 1. The third kappa shape index (κ3) is 1.99. The maximum atomic E-state index is 5.76. The van der Waals surface area contributed by atoms with Crippen molar-refractivity contribution in [3.05, 3.63) is 35.7 Å². The summed E-state index contributed by atoms with van der Waals surface area (Å²) in [4.78, 5) is 8.02. The summed E-state index contributed by atoms with van der Waals surface area (Å²) in [6, 6.07) is 7.90. The highest BCUT2D eigenvalue weighted by atomic mass is 16.5. The van der Waals surface area contributed by atoms with Gasteiger partial charge in [-0.05, 0) is 37.1 Å². The Morgan fingerprint density at radius 1 is 1.33 bits per heavy atom. The van der Waals surface area contributed by atoms with Gasteiger partial charge >= 0.3 is 0 Å². The number of methoxy groups -OCH3 is 1. The zero-order valence-corrected chi connectivity index (χ0v) is 10.4. The summed E-state index contributed by atoms with van der Waals surface area (Å²) >= 11 is 0. The zero-order valence-electron chi connectivity index (χ0n) is 10.4. The van der Waals surface area contributed by atoms with Gasteiger partial charge in [-0.3, -0.25) is 0 Å². The second-order valence-corrected chi connectivity index (χ2v) is 4.66. The first-order chi connectivity index (χ1) is 8.81. The molecule has 4 heteroatoms. The van der Waals surface area contributed by atoms with Crippen LogP contribution in [0.25, 0.3) is 11.4 Å². The molecule has 3 N–H and O–H groups in total. The van der Waals surface area contributed by atoms with Gasteiger partial charge in [-0.2, -0.15) is 0 Å². The molecule has 94 valence electrons. The molecule has 0 saturated heterocycles. The first-order valence-electron chi connectivity index (χ1n) is 6.25. The second kappa shape index (κ2) is 4.46. The number of aromatic nitrogens is 2. The van der Waals surface area contributed by atoms with E-state index in [1.54, 1.807) is 7.11 Å². The fourth-order valence-corrected chi connectivity index (χ4v) is 2.16. The molecule has 1 aliphatic rings. The van der Waals surface area contributed by atoms with Crippen molar-refractivity contribution in [2.75, 3.05) is 7.11 Å². The van der Waals surface area contributed by atoms with E-state index >= 15 is 0 Å². The Morgan fingerprint density at radius 3 is 2.61 bits per heavy atom. The van der Waals surface area contributed by atoms with Crippen LogP contribution in [0.1, 0.15) is 30.1 Å². The van der Waals surface area contributed by atoms with E-state index in [4.69, 9.17) is 15.5 Å². The Hall–Kier alpha value is -1.81. The lowest BCUT2D eigenvalue weighted by molar-refractivity contribution is 0.415. The number of nitrogens with two attached hydrogens (primary N) is 1.